The monoisotopic (exact) mass is 394 g/mol. The SMILES string of the molecule is O=C(c1cnc(NCc2ccccc2)nc1)N(Cc1ccccc1)c1ccccc1. The average molecular weight is 394 g/mol. The number of hydrogen-bond acceptors (Lipinski definition) is 4. The molecule has 3 aromatic carbocycles. The first-order chi connectivity index (χ1) is 14.8. The van der Waals surface area contributed by atoms with Gasteiger partial charge < -0.3 is 10.2 Å². The first-order valence-electron chi connectivity index (χ1n) is 9.80. The molecule has 0 aliphatic heterocycles. The van der Waals surface area contributed by atoms with Gasteiger partial charge in [0.1, 0.15) is 0 Å². The highest BCUT2D eigenvalue weighted by Crippen LogP contribution is 2.20. The van der Waals surface area contributed by atoms with Crippen molar-refractivity contribution in [3.63, 3.8) is 0 Å². The molecular weight excluding hydrogens is 372 g/mol. The number of nitrogens with zero attached hydrogens (tertiary/aromatic N) is 3. The van der Waals surface area contributed by atoms with Crippen LogP contribution < -0.4 is 10.2 Å². The zero-order chi connectivity index (χ0) is 20.6. The van der Waals surface area contributed by atoms with Gasteiger partial charge in [-0.25, -0.2) is 9.97 Å². The van der Waals surface area contributed by atoms with E-state index in [4.69, 9.17) is 0 Å². The predicted molar refractivity (Wildman–Crippen MR) is 119 cm³/mol. The summed E-state index contributed by atoms with van der Waals surface area (Å²) in [5.74, 6) is 0.351. The number of carbonyl (C=O) groups excluding carboxylic acids is 1. The molecule has 1 N–H and O–H groups in total. The van der Waals surface area contributed by atoms with Crippen LogP contribution in [0, 0.1) is 0 Å². The Kier molecular flexibility index (Phi) is 6.11. The van der Waals surface area contributed by atoms with Crippen molar-refractivity contribution in [2.75, 3.05) is 10.2 Å². The lowest BCUT2D eigenvalue weighted by Crippen LogP contribution is -2.30. The second kappa shape index (κ2) is 9.47. The summed E-state index contributed by atoms with van der Waals surface area (Å²) in [5, 5.41) is 3.18. The number of anilines is 2. The third kappa shape index (κ3) is 4.89. The van der Waals surface area contributed by atoms with Crippen LogP contribution in [0.2, 0.25) is 0 Å². The first-order valence-corrected chi connectivity index (χ1v) is 9.80. The molecule has 4 aromatic rings. The number of amides is 1. The number of aromatic nitrogens is 2. The molecule has 0 unspecified atom stereocenters. The molecule has 0 aliphatic rings. The molecular formula is C25H22N4O. The minimum atomic E-state index is -0.139. The van der Waals surface area contributed by atoms with Gasteiger partial charge >= 0.3 is 0 Å². The summed E-state index contributed by atoms with van der Waals surface area (Å²) in [5.41, 5.74) is 3.47. The van der Waals surface area contributed by atoms with Crippen molar-refractivity contribution in [1.82, 2.24) is 9.97 Å². The molecule has 0 saturated carbocycles. The summed E-state index contributed by atoms with van der Waals surface area (Å²) in [6, 6.07) is 29.6. The molecule has 1 aromatic heterocycles. The smallest absolute Gasteiger partial charge is 0.261 e. The summed E-state index contributed by atoms with van der Waals surface area (Å²) in [6.45, 7) is 1.09. The van der Waals surface area contributed by atoms with E-state index < -0.39 is 0 Å². The lowest BCUT2D eigenvalue weighted by atomic mass is 10.1. The molecule has 0 fully saturated rings. The Labute approximate surface area is 176 Å². The van der Waals surface area contributed by atoms with Crippen molar-refractivity contribution in [2.24, 2.45) is 0 Å². The minimum absolute atomic E-state index is 0.139. The molecule has 0 saturated heterocycles. The van der Waals surface area contributed by atoms with E-state index in [1.165, 1.54) is 0 Å². The van der Waals surface area contributed by atoms with E-state index in [0.717, 1.165) is 16.8 Å². The van der Waals surface area contributed by atoms with Crippen molar-refractivity contribution in [3.8, 4) is 0 Å². The van der Waals surface area contributed by atoms with E-state index in [2.05, 4.69) is 15.3 Å². The summed E-state index contributed by atoms with van der Waals surface area (Å²) < 4.78 is 0. The zero-order valence-corrected chi connectivity index (χ0v) is 16.5. The molecule has 4 rings (SSSR count). The van der Waals surface area contributed by atoms with Gasteiger partial charge in [-0.3, -0.25) is 4.79 Å². The fraction of sp³-hybridized carbons (Fsp3) is 0.0800. The van der Waals surface area contributed by atoms with Crippen LogP contribution in [-0.4, -0.2) is 15.9 Å². The van der Waals surface area contributed by atoms with Gasteiger partial charge in [-0.1, -0.05) is 78.9 Å². The molecule has 5 nitrogen and oxygen atoms in total. The van der Waals surface area contributed by atoms with Gasteiger partial charge in [0.15, 0.2) is 0 Å². The Morgan fingerprint density at radius 3 is 1.87 bits per heavy atom. The lowest BCUT2D eigenvalue weighted by molar-refractivity contribution is 0.0984. The quantitative estimate of drug-likeness (QED) is 0.483. The molecule has 0 aliphatic carbocycles. The van der Waals surface area contributed by atoms with Crippen molar-refractivity contribution < 1.29 is 4.79 Å². The first kappa shape index (κ1) is 19.3. The topological polar surface area (TPSA) is 58.1 Å². The van der Waals surface area contributed by atoms with Crippen LogP contribution in [0.15, 0.2) is 103 Å². The maximum Gasteiger partial charge on any atom is 0.261 e. The fourth-order valence-electron chi connectivity index (χ4n) is 3.12. The standard InChI is InChI=1S/C25H22N4O/c30-24(22-17-27-25(28-18-22)26-16-20-10-4-1-5-11-20)29(23-14-8-3-9-15-23)19-21-12-6-2-7-13-21/h1-15,17-18H,16,19H2,(H,26,27,28). The second-order valence-corrected chi connectivity index (χ2v) is 6.85. The number of nitrogens with one attached hydrogen (secondary N) is 1. The predicted octanol–water partition coefficient (Wildman–Crippen LogP) is 4.94. The Balaban J connectivity index is 1.51. The van der Waals surface area contributed by atoms with Crippen LogP contribution in [-0.2, 0) is 13.1 Å². The lowest BCUT2D eigenvalue weighted by Gasteiger charge is -2.23. The summed E-state index contributed by atoms with van der Waals surface area (Å²) >= 11 is 0. The minimum Gasteiger partial charge on any atom is -0.350 e. The van der Waals surface area contributed by atoms with Crippen LogP contribution in [0.4, 0.5) is 11.6 Å². The molecule has 1 amide bonds. The molecule has 0 bridgehead atoms. The van der Waals surface area contributed by atoms with Crippen molar-refractivity contribution >= 4 is 17.5 Å². The van der Waals surface area contributed by atoms with Gasteiger partial charge in [0.2, 0.25) is 5.95 Å². The van der Waals surface area contributed by atoms with Gasteiger partial charge in [0, 0.05) is 24.6 Å². The summed E-state index contributed by atoms with van der Waals surface area (Å²) in [4.78, 5) is 23.7. The fourth-order valence-corrected chi connectivity index (χ4v) is 3.12. The van der Waals surface area contributed by atoms with Gasteiger partial charge in [-0.05, 0) is 23.3 Å². The molecule has 0 spiro atoms. The molecule has 5 heteroatoms. The van der Waals surface area contributed by atoms with Crippen molar-refractivity contribution in [2.45, 2.75) is 13.1 Å². The average Bonchev–Trinajstić information content (AvgIpc) is 2.83. The molecule has 30 heavy (non-hydrogen) atoms. The van der Waals surface area contributed by atoms with Crippen LogP contribution >= 0.6 is 0 Å². The maximum atomic E-state index is 13.3. The Morgan fingerprint density at radius 1 is 0.733 bits per heavy atom. The zero-order valence-electron chi connectivity index (χ0n) is 16.5. The van der Waals surface area contributed by atoms with Crippen LogP contribution in [0.5, 0.6) is 0 Å². The number of rotatable bonds is 7. The van der Waals surface area contributed by atoms with E-state index >= 15 is 0 Å². The highest BCUT2D eigenvalue weighted by Gasteiger charge is 2.19. The van der Waals surface area contributed by atoms with Crippen molar-refractivity contribution in [1.29, 1.82) is 0 Å². The highest BCUT2D eigenvalue weighted by atomic mass is 16.2. The maximum absolute atomic E-state index is 13.3. The van der Waals surface area contributed by atoms with Gasteiger partial charge in [0.05, 0.1) is 12.1 Å². The van der Waals surface area contributed by atoms with Gasteiger partial charge in [0.25, 0.3) is 5.91 Å². The van der Waals surface area contributed by atoms with Crippen LogP contribution in [0.1, 0.15) is 21.5 Å². The normalized spacial score (nSPS) is 10.4. The molecule has 0 atom stereocenters. The van der Waals surface area contributed by atoms with Crippen molar-refractivity contribution in [3.05, 3.63) is 120 Å². The number of hydrogen-bond donors (Lipinski definition) is 1. The number of benzene rings is 3. The van der Waals surface area contributed by atoms with E-state index in [0.29, 0.717) is 24.6 Å². The van der Waals surface area contributed by atoms with E-state index in [9.17, 15) is 4.79 Å². The molecule has 1 heterocycles. The van der Waals surface area contributed by atoms with E-state index in [1.807, 2.05) is 91.0 Å². The Hall–Kier alpha value is -3.99. The Morgan fingerprint density at radius 2 is 1.27 bits per heavy atom. The third-order valence-corrected chi connectivity index (χ3v) is 4.69. The number of carbonyl (C=O) groups is 1. The summed E-state index contributed by atoms with van der Waals surface area (Å²) in [6.07, 6.45) is 3.15. The molecule has 148 valence electrons. The van der Waals surface area contributed by atoms with E-state index in [1.54, 1.807) is 17.3 Å². The highest BCUT2D eigenvalue weighted by molar-refractivity contribution is 6.05. The third-order valence-electron chi connectivity index (χ3n) is 4.69. The van der Waals surface area contributed by atoms with E-state index in [-0.39, 0.29) is 5.91 Å². The van der Waals surface area contributed by atoms with Gasteiger partial charge in [-0.15, -0.1) is 0 Å². The van der Waals surface area contributed by atoms with Crippen LogP contribution in [0.3, 0.4) is 0 Å². The van der Waals surface area contributed by atoms with Crippen LogP contribution in [0.25, 0.3) is 0 Å². The molecule has 0 radical (unpaired) electrons. The largest absolute Gasteiger partial charge is 0.350 e. The number of para-hydroxylation sites is 1. The van der Waals surface area contributed by atoms with Gasteiger partial charge in [-0.2, -0.15) is 0 Å². The Bertz CT molecular complexity index is 1070. The summed E-state index contributed by atoms with van der Waals surface area (Å²) in [7, 11) is 0. The second-order valence-electron chi connectivity index (χ2n) is 6.85.